The van der Waals surface area contributed by atoms with Crippen LogP contribution in [-0.2, 0) is 9.59 Å². The van der Waals surface area contributed by atoms with Crippen molar-refractivity contribution < 1.29 is 19.1 Å². The number of carbonyl (C=O) groups excluding carboxylic acids is 2. The fourth-order valence-electron chi connectivity index (χ4n) is 4.24. The Bertz CT molecular complexity index is 773. The lowest BCUT2D eigenvalue weighted by atomic mass is 9.69. The maximum absolute atomic E-state index is 13.3. The Balaban J connectivity index is 1.61. The number of benzene rings is 1. The van der Waals surface area contributed by atoms with Gasteiger partial charge in [-0.1, -0.05) is 6.08 Å². The molecule has 0 radical (unpaired) electrons. The number of allylic oxidation sites excluding steroid dienone is 1. The SMILES string of the molecule is CCN1C(=O)CCC2(C(=O)Nc3ccc4c(c3)OCCO4)CCCC=C12. The molecule has 1 saturated heterocycles. The number of hydrogen-bond acceptors (Lipinski definition) is 4. The molecule has 138 valence electrons. The first-order chi connectivity index (χ1) is 12.6. The van der Waals surface area contributed by atoms with E-state index >= 15 is 0 Å². The molecule has 1 N–H and O–H groups in total. The molecule has 3 aliphatic rings. The van der Waals surface area contributed by atoms with Gasteiger partial charge in [0, 0.05) is 30.4 Å². The van der Waals surface area contributed by atoms with Crippen molar-refractivity contribution in [3.63, 3.8) is 0 Å². The minimum Gasteiger partial charge on any atom is -0.486 e. The Morgan fingerprint density at radius 3 is 2.85 bits per heavy atom. The first kappa shape index (κ1) is 16.9. The summed E-state index contributed by atoms with van der Waals surface area (Å²) >= 11 is 0. The van der Waals surface area contributed by atoms with Crippen molar-refractivity contribution in [2.75, 3.05) is 25.1 Å². The van der Waals surface area contributed by atoms with E-state index in [0.29, 0.717) is 49.8 Å². The van der Waals surface area contributed by atoms with Crippen LogP contribution in [0, 0.1) is 5.41 Å². The molecule has 26 heavy (non-hydrogen) atoms. The summed E-state index contributed by atoms with van der Waals surface area (Å²) in [5.41, 5.74) is 0.964. The maximum atomic E-state index is 13.3. The smallest absolute Gasteiger partial charge is 0.236 e. The van der Waals surface area contributed by atoms with Crippen LogP contribution in [0.25, 0.3) is 0 Å². The Kier molecular flexibility index (Phi) is 4.34. The number of nitrogens with zero attached hydrogens (tertiary/aromatic N) is 1. The van der Waals surface area contributed by atoms with Gasteiger partial charge in [-0.05, 0) is 44.7 Å². The van der Waals surface area contributed by atoms with Gasteiger partial charge in [-0.25, -0.2) is 0 Å². The second kappa shape index (κ2) is 6.67. The molecule has 0 spiro atoms. The third kappa shape index (κ3) is 2.73. The molecule has 6 nitrogen and oxygen atoms in total. The summed E-state index contributed by atoms with van der Waals surface area (Å²) in [5.74, 6) is 1.43. The number of amides is 2. The molecule has 2 heterocycles. The molecule has 1 atom stereocenters. The Morgan fingerprint density at radius 2 is 2.04 bits per heavy atom. The molecule has 2 amide bonds. The molecule has 6 heteroatoms. The highest BCUT2D eigenvalue weighted by Gasteiger charge is 2.49. The highest BCUT2D eigenvalue weighted by Crippen LogP contribution is 2.47. The fourth-order valence-corrected chi connectivity index (χ4v) is 4.24. The number of ether oxygens (including phenoxy) is 2. The summed E-state index contributed by atoms with van der Waals surface area (Å²) < 4.78 is 11.1. The lowest BCUT2D eigenvalue weighted by Crippen LogP contribution is -2.51. The molecule has 2 aliphatic heterocycles. The quantitative estimate of drug-likeness (QED) is 0.904. The number of fused-ring (bicyclic) bond motifs is 2. The van der Waals surface area contributed by atoms with Gasteiger partial charge >= 0.3 is 0 Å². The van der Waals surface area contributed by atoms with E-state index in [2.05, 4.69) is 11.4 Å². The number of carbonyl (C=O) groups is 2. The third-order valence-corrected chi connectivity index (χ3v) is 5.54. The van der Waals surface area contributed by atoms with Crippen molar-refractivity contribution in [3.8, 4) is 11.5 Å². The first-order valence-electron chi connectivity index (χ1n) is 9.36. The van der Waals surface area contributed by atoms with E-state index in [-0.39, 0.29) is 11.8 Å². The topological polar surface area (TPSA) is 67.9 Å². The number of hydrogen-bond donors (Lipinski definition) is 1. The second-order valence-electron chi connectivity index (χ2n) is 7.01. The van der Waals surface area contributed by atoms with Gasteiger partial charge in [0.05, 0.1) is 5.41 Å². The zero-order valence-corrected chi connectivity index (χ0v) is 15.0. The minimum absolute atomic E-state index is 0.0360. The van der Waals surface area contributed by atoms with Crippen molar-refractivity contribution in [1.29, 1.82) is 0 Å². The zero-order valence-electron chi connectivity index (χ0n) is 15.0. The van der Waals surface area contributed by atoms with Crippen LogP contribution in [0.4, 0.5) is 5.69 Å². The Hall–Kier alpha value is -2.50. The van der Waals surface area contributed by atoms with Crippen LogP contribution in [0.1, 0.15) is 39.0 Å². The lowest BCUT2D eigenvalue weighted by Gasteiger charge is -2.45. The number of anilines is 1. The van der Waals surface area contributed by atoms with Gasteiger partial charge in [-0.3, -0.25) is 9.59 Å². The molecular formula is C20H24N2O4. The molecule has 1 aromatic carbocycles. The van der Waals surface area contributed by atoms with E-state index < -0.39 is 5.41 Å². The van der Waals surface area contributed by atoms with E-state index in [1.807, 2.05) is 19.1 Å². The molecule has 4 rings (SSSR count). The van der Waals surface area contributed by atoms with Gasteiger partial charge in [0.1, 0.15) is 13.2 Å². The van der Waals surface area contributed by atoms with Crippen molar-refractivity contribution in [3.05, 3.63) is 30.0 Å². The minimum atomic E-state index is -0.616. The molecule has 1 unspecified atom stereocenters. The van der Waals surface area contributed by atoms with Crippen LogP contribution in [-0.4, -0.2) is 36.5 Å². The standard InChI is InChI=1S/C20H24N2O4/c1-2-22-17-5-3-4-9-20(17,10-8-18(22)23)19(24)21-14-6-7-15-16(13-14)26-12-11-25-15/h5-7,13H,2-4,8-12H2,1H3,(H,21,24). The predicted octanol–water partition coefficient (Wildman–Crippen LogP) is 3.09. The van der Waals surface area contributed by atoms with Gasteiger partial charge in [0.2, 0.25) is 11.8 Å². The van der Waals surface area contributed by atoms with Crippen LogP contribution in [0.5, 0.6) is 11.5 Å². The van der Waals surface area contributed by atoms with Crippen molar-refractivity contribution in [2.24, 2.45) is 5.41 Å². The fraction of sp³-hybridized carbons (Fsp3) is 0.500. The van der Waals surface area contributed by atoms with E-state index in [9.17, 15) is 9.59 Å². The third-order valence-electron chi connectivity index (χ3n) is 5.54. The van der Waals surface area contributed by atoms with Gasteiger partial charge in [-0.2, -0.15) is 0 Å². The Morgan fingerprint density at radius 1 is 1.23 bits per heavy atom. The molecule has 0 saturated carbocycles. The zero-order chi connectivity index (χ0) is 18.1. The first-order valence-corrected chi connectivity index (χ1v) is 9.36. The van der Waals surface area contributed by atoms with Gasteiger partial charge in [0.15, 0.2) is 11.5 Å². The average molecular weight is 356 g/mol. The second-order valence-corrected chi connectivity index (χ2v) is 7.01. The van der Waals surface area contributed by atoms with E-state index in [1.165, 1.54) is 0 Å². The Labute approximate surface area is 153 Å². The summed E-state index contributed by atoms with van der Waals surface area (Å²) in [6.45, 7) is 3.61. The maximum Gasteiger partial charge on any atom is 0.236 e. The normalized spacial score (nSPS) is 24.6. The number of rotatable bonds is 3. The number of likely N-dealkylation sites (tertiary alicyclic amines) is 1. The van der Waals surface area contributed by atoms with Crippen LogP contribution >= 0.6 is 0 Å². The molecule has 0 bridgehead atoms. The average Bonchev–Trinajstić information content (AvgIpc) is 2.68. The van der Waals surface area contributed by atoms with Crippen LogP contribution in [0.2, 0.25) is 0 Å². The van der Waals surface area contributed by atoms with Gasteiger partial charge in [-0.15, -0.1) is 0 Å². The van der Waals surface area contributed by atoms with Gasteiger partial charge in [0.25, 0.3) is 0 Å². The monoisotopic (exact) mass is 356 g/mol. The van der Waals surface area contributed by atoms with Crippen molar-refractivity contribution in [2.45, 2.75) is 39.0 Å². The van der Waals surface area contributed by atoms with Crippen molar-refractivity contribution >= 4 is 17.5 Å². The highest BCUT2D eigenvalue weighted by atomic mass is 16.6. The molecule has 1 aromatic rings. The van der Waals surface area contributed by atoms with Crippen LogP contribution in [0.3, 0.4) is 0 Å². The summed E-state index contributed by atoms with van der Waals surface area (Å²) in [4.78, 5) is 27.4. The van der Waals surface area contributed by atoms with Crippen LogP contribution in [0.15, 0.2) is 30.0 Å². The van der Waals surface area contributed by atoms with Gasteiger partial charge < -0.3 is 19.7 Å². The molecule has 1 aliphatic carbocycles. The number of nitrogens with one attached hydrogen (secondary N) is 1. The summed E-state index contributed by atoms with van der Waals surface area (Å²) in [6, 6.07) is 5.46. The lowest BCUT2D eigenvalue weighted by molar-refractivity contribution is -0.138. The summed E-state index contributed by atoms with van der Waals surface area (Å²) in [7, 11) is 0. The van der Waals surface area contributed by atoms with Crippen LogP contribution < -0.4 is 14.8 Å². The summed E-state index contributed by atoms with van der Waals surface area (Å²) in [5, 5.41) is 3.06. The molecule has 0 aromatic heterocycles. The number of piperidine rings is 1. The largest absolute Gasteiger partial charge is 0.486 e. The van der Waals surface area contributed by atoms with E-state index in [1.54, 1.807) is 11.0 Å². The van der Waals surface area contributed by atoms with E-state index in [0.717, 1.165) is 25.0 Å². The van der Waals surface area contributed by atoms with Crippen molar-refractivity contribution in [1.82, 2.24) is 4.90 Å². The van der Waals surface area contributed by atoms with E-state index in [4.69, 9.17) is 9.47 Å². The molecule has 1 fully saturated rings. The molecular weight excluding hydrogens is 332 g/mol. The summed E-state index contributed by atoms with van der Waals surface area (Å²) in [6.07, 6.45) is 5.72. The predicted molar refractivity (Wildman–Crippen MR) is 97.0 cm³/mol. The highest BCUT2D eigenvalue weighted by molar-refractivity contribution is 5.99.